The molecule has 2 heteroatoms. The van der Waals surface area contributed by atoms with Crippen LogP contribution in [0.3, 0.4) is 0 Å². The summed E-state index contributed by atoms with van der Waals surface area (Å²) in [7, 11) is 0. The molecular formula is C17H20O2. The zero-order valence-electron chi connectivity index (χ0n) is 11.5. The molecule has 19 heavy (non-hydrogen) atoms. The summed E-state index contributed by atoms with van der Waals surface area (Å²) < 4.78 is 0. The number of aryl methyl sites for hydroxylation is 2. The first-order valence-corrected chi connectivity index (χ1v) is 6.76. The first-order chi connectivity index (χ1) is 9.15. The molecule has 2 N–H and O–H groups in total. The van der Waals surface area contributed by atoms with E-state index >= 15 is 0 Å². The molecule has 0 fully saturated rings. The Morgan fingerprint density at radius 3 is 2.26 bits per heavy atom. The van der Waals surface area contributed by atoms with Gasteiger partial charge in [0.05, 0.1) is 0 Å². The molecule has 0 heterocycles. The SMILES string of the molecule is CCc1ccc(O)c(Cc2cccc(CC)c2O)c1. The molecule has 0 amide bonds. The van der Waals surface area contributed by atoms with Crippen LogP contribution in [0.15, 0.2) is 36.4 Å². The van der Waals surface area contributed by atoms with Crippen molar-refractivity contribution < 1.29 is 10.2 Å². The van der Waals surface area contributed by atoms with Crippen LogP contribution in [0.2, 0.25) is 0 Å². The van der Waals surface area contributed by atoms with Crippen molar-refractivity contribution in [2.45, 2.75) is 33.1 Å². The van der Waals surface area contributed by atoms with Crippen molar-refractivity contribution >= 4 is 0 Å². The van der Waals surface area contributed by atoms with E-state index in [1.54, 1.807) is 6.07 Å². The summed E-state index contributed by atoms with van der Waals surface area (Å²) in [4.78, 5) is 0. The average Bonchev–Trinajstić information content (AvgIpc) is 2.43. The summed E-state index contributed by atoms with van der Waals surface area (Å²) in [6, 6.07) is 11.5. The lowest BCUT2D eigenvalue weighted by Crippen LogP contribution is -1.94. The molecule has 2 aromatic rings. The van der Waals surface area contributed by atoms with E-state index < -0.39 is 0 Å². The van der Waals surface area contributed by atoms with Crippen LogP contribution in [-0.2, 0) is 19.3 Å². The predicted molar refractivity (Wildman–Crippen MR) is 77.8 cm³/mol. The minimum atomic E-state index is 0.290. The Balaban J connectivity index is 2.36. The van der Waals surface area contributed by atoms with Gasteiger partial charge < -0.3 is 10.2 Å². The van der Waals surface area contributed by atoms with E-state index in [-0.39, 0.29) is 0 Å². The number of phenols is 2. The molecule has 0 aliphatic heterocycles. The topological polar surface area (TPSA) is 40.5 Å². The fraction of sp³-hybridized carbons (Fsp3) is 0.294. The van der Waals surface area contributed by atoms with E-state index in [2.05, 4.69) is 6.92 Å². The zero-order valence-corrected chi connectivity index (χ0v) is 11.5. The summed E-state index contributed by atoms with van der Waals surface area (Å²) in [6.45, 7) is 4.11. The predicted octanol–water partition coefficient (Wildman–Crippen LogP) is 3.81. The van der Waals surface area contributed by atoms with Gasteiger partial charge in [0, 0.05) is 6.42 Å². The molecule has 0 spiro atoms. The van der Waals surface area contributed by atoms with Crippen LogP contribution in [0.5, 0.6) is 11.5 Å². The minimum Gasteiger partial charge on any atom is -0.508 e. The van der Waals surface area contributed by atoms with Crippen LogP contribution in [-0.4, -0.2) is 10.2 Å². The molecule has 0 saturated heterocycles. The molecule has 100 valence electrons. The van der Waals surface area contributed by atoms with Crippen molar-refractivity contribution in [2.24, 2.45) is 0 Å². The molecule has 0 aliphatic carbocycles. The van der Waals surface area contributed by atoms with Gasteiger partial charge in [-0.2, -0.15) is 0 Å². The molecule has 2 aromatic carbocycles. The van der Waals surface area contributed by atoms with Gasteiger partial charge in [0.15, 0.2) is 0 Å². The molecule has 0 bridgehead atoms. The number of hydrogen-bond donors (Lipinski definition) is 2. The molecule has 0 atom stereocenters. The minimum absolute atomic E-state index is 0.290. The lowest BCUT2D eigenvalue weighted by atomic mass is 9.98. The Kier molecular flexibility index (Phi) is 4.10. The number of phenolic OH excluding ortho intramolecular Hbond substituents is 2. The summed E-state index contributed by atoms with van der Waals surface area (Å²) in [5.74, 6) is 0.643. The lowest BCUT2D eigenvalue weighted by molar-refractivity contribution is 0.459. The van der Waals surface area contributed by atoms with Crippen LogP contribution in [0.1, 0.15) is 36.1 Å². The maximum Gasteiger partial charge on any atom is 0.122 e. The summed E-state index contributed by atoms with van der Waals surface area (Å²) >= 11 is 0. The smallest absolute Gasteiger partial charge is 0.122 e. The summed E-state index contributed by atoms with van der Waals surface area (Å²) in [5.41, 5.74) is 3.87. The van der Waals surface area contributed by atoms with E-state index in [0.717, 1.165) is 29.5 Å². The van der Waals surface area contributed by atoms with Gasteiger partial charge in [0.25, 0.3) is 0 Å². The number of aromatic hydroxyl groups is 2. The zero-order chi connectivity index (χ0) is 13.8. The fourth-order valence-corrected chi connectivity index (χ4v) is 2.28. The molecule has 0 radical (unpaired) electrons. The maximum absolute atomic E-state index is 10.2. The van der Waals surface area contributed by atoms with Crippen molar-refractivity contribution in [1.82, 2.24) is 0 Å². The molecule has 2 rings (SSSR count). The van der Waals surface area contributed by atoms with Gasteiger partial charge in [0.1, 0.15) is 11.5 Å². The highest BCUT2D eigenvalue weighted by molar-refractivity contribution is 5.46. The standard InChI is InChI=1S/C17H20O2/c1-3-12-8-9-16(18)15(10-12)11-14-7-5-6-13(4-2)17(14)19/h5-10,18-19H,3-4,11H2,1-2H3. The van der Waals surface area contributed by atoms with Gasteiger partial charge in [-0.1, -0.05) is 44.2 Å². The van der Waals surface area contributed by atoms with Gasteiger partial charge in [0.2, 0.25) is 0 Å². The van der Waals surface area contributed by atoms with Crippen LogP contribution < -0.4 is 0 Å². The summed E-state index contributed by atoms with van der Waals surface area (Å²) in [5, 5.41) is 20.1. The first kappa shape index (κ1) is 13.5. The Morgan fingerprint density at radius 2 is 1.58 bits per heavy atom. The Hall–Kier alpha value is -1.96. The van der Waals surface area contributed by atoms with Crippen LogP contribution in [0.4, 0.5) is 0 Å². The maximum atomic E-state index is 10.2. The molecule has 0 saturated carbocycles. The molecule has 0 aliphatic rings. The Morgan fingerprint density at radius 1 is 0.842 bits per heavy atom. The van der Waals surface area contributed by atoms with Crippen LogP contribution in [0, 0.1) is 0 Å². The molecule has 0 unspecified atom stereocenters. The van der Waals surface area contributed by atoms with Gasteiger partial charge in [-0.15, -0.1) is 0 Å². The average molecular weight is 256 g/mol. The highest BCUT2D eigenvalue weighted by atomic mass is 16.3. The van der Waals surface area contributed by atoms with Crippen molar-refractivity contribution in [3.63, 3.8) is 0 Å². The molecule has 0 aromatic heterocycles. The number of para-hydroxylation sites is 1. The highest BCUT2D eigenvalue weighted by Crippen LogP contribution is 2.28. The van der Waals surface area contributed by atoms with E-state index in [9.17, 15) is 10.2 Å². The van der Waals surface area contributed by atoms with Gasteiger partial charge in [-0.25, -0.2) is 0 Å². The van der Waals surface area contributed by atoms with E-state index in [1.165, 1.54) is 5.56 Å². The second-order valence-electron chi connectivity index (χ2n) is 4.77. The molecule has 2 nitrogen and oxygen atoms in total. The first-order valence-electron chi connectivity index (χ1n) is 6.76. The monoisotopic (exact) mass is 256 g/mol. The van der Waals surface area contributed by atoms with Crippen molar-refractivity contribution in [3.8, 4) is 11.5 Å². The second kappa shape index (κ2) is 5.79. The Bertz CT molecular complexity index is 573. The van der Waals surface area contributed by atoms with Gasteiger partial charge in [-0.3, -0.25) is 0 Å². The summed E-state index contributed by atoms with van der Waals surface area (Å²) in [6.07, 6.45) is 2.30. The number of rotatable bonds is 4. The van der Waals surface area contributed by atoms with E-state index in [4.69, 9.17) is 0 Å². The Labute approximate surface area is 114 Å². The number of benzene rings is 2. The van der Waals surface area contributed by atoms with Crippen LogP contribution in [0.25, 0.3) is 0 Å². The largest absolute Gasteiger partial charge is 0.508 e. The normalized spacial score (nSPS) is 10.6. The van der Waals surface area contributed by atoms with Gasteiger partial charge >= 0.3 is 0 Å². The van der Waals surface area contributed by atoms with Crippen molar-refractivity contribution in [3.05, 3.63) is 58.7 Å². The van der Waals surface area contributed by atoms with Crippen molar-refractivity contribution in [2.75, 3.05) is 0 Å². The quantitative estimate of drug-likeness (QED) is 0.873. The number of hydrogen-bond acceptors (Lipinski definition) is 2. The highest BCUT2D eigenvalue weighted by Gasteiger charge is 2.09. The third-order valence-corrected chi connectivity index (χ3v) is 3.52. The van der Waals surface area contributed by atoms with Crippen molar-refractivity contribution in [1.29, 1.82) is 0 Å². The van der Waals surface area contributed by atoms with Gasteiger partial charge in [-0.05, 0) is 41.2 Å². The van der Waals surface area contributed by atoms with E-state index in [0.29, 0.717) is 17.9 Å². The van der Waals surface area contributed by atoms with Crippen LogP contribution >= 0.6 is 0 Å². The lowest BCUT2D eigenvalue weighted by Gasteiger charge is -2.11. The fourth-order valence-electron chi connectivity index (χ4n) is 2.28. The second-order valence-corrected chi connectivity index (χ2v) is 4.77. The van der Waals surface area contributed by atoms with E-state index in [1.807, 2.05) is 37.3 Å². The third kappa shape index (κ3) is 2.90. The third-order valence-electron chi connectivity index (χ3n) is 3.52. The molecular weight excluding hydrogens is 236 g/mol.